The predicted octanol–water partition coefficient (Wildman–Crippen LogP) is 1.49. The van der Waals surface area contributed by atoms with Crippen molar-refractivity contribution in [1.29, 1.82) is 0 Å². The summed E-state index contributed by atoms with van der Waals surface area (Å²) in [4.78, 5) is 2.37. The molecular formula is C10H21NO. The van der Waals surface area contributed by atoms with Gasteiger partial charge in [-0.25, -0.2) is 0 Å². The molecule has 0 spiro atoms. The summed E-state index contributed by atoms with van der Waals surface area (Å²) in [6, 6.07) is 0.712. The van der Waals surface area contributed by atoms with Gasteiger partial charge in [0.2, 0.25) is 0 Å². The topological polar surface area (TPSA) is 23.5 Å². The van der Waals surface area contributed by atoms with E-state index in [1.54, 1.807) is 0 Å². The zero-order valence-electron chi connectivity index (χ0n) is 8.45. The van der Waals surface area contributed by atoms with Gasteiger partial charge in [0.1, 0.15) is 0 Å². The lowest BCUT2D eigenvalue weighted by molar-refractivity contribution is 0.147. The first-order valence-electron chi connectivity index (χ1n) is 4.99. The summed E-state index contributed by atoms with van der Waals surface area (Å²) >= 11 is 0. The fourth-order valence-electron chi connectivity index (χ4n) is 1.53. The van der Waals surface area contributed by atoms with Crippen LogP contribution >= 0.6 is 0 Å². The Bertz CT molecular complexity index is 132. The molecule has 2 heteroatoms. The molecule has 0 radical (unpaired) electrons. The number of nitrogens with zero attached hydrogens (tertiary/aromatic N) is 1. The van der Waals surface area contributed by atoms with Crippen LogP contribution in [-0.4, -0.2) is 35.7 Å². The largest absolute Gasteiger partial charge is 0.393 e. The van der Waals surface area contributed by atoms with E-state index in [9.17, 15) is 0 Å². The van der Waals surface area contributed by atoms with Crippen molar-refractivity contribution in [1.82, 2.24) is 4.90 Å². The lowest BCUT2D eigenvalue weighted by Crippen LogP contribution is -2.32. The van der Waals surface area contributed by atoms with Gasteiger partial charge in [0, 0.05) is 12.6 Å². The number of hydrogen-bond acceptors (Lipinski definition) is 2. The van der Waals surface area contributed by atoms with Crippen LogP contribution in [0.3, 0.4) is 0 Å². The van der Waals surface area contributed by atoms with Gasteiger partial charge in [-0.3, -0.25) is 0 Å². The Hall–Kier alpha value is -0.0800. The Labute approximate surface area is 75.6 Å². The maximum atomic E-state index is 9.11. The molecule has 2 atom stereocenters. The lowest BCUT2D eigenvalue weighted by atomic mass is 10.2. The van der Waals surface area contributed by atoms with Crippen molar-refractivity contribution >= 4 is 0 Å². The van der Waals surface area contributed by atoms with Crippen molar-refractivity contribution in [3.63, 3.8) is 0 Å². The highest BCUT2D eigenvalue weighted by Gasteiger charge is 2.30. The van der Waals surface area contributed by atoms with Crippen molar-refractivity contribution in [2.24, 2.45) is 5.92 Å². The van der Waals surface area contributed by atoms with Crippen molar-refractivity contribution in [2.75, 3.05) is 13.6 Å². The first-order chi connectivity index (χ1) is 5.61. The van der Waals surface area contributed by atoms with Crippen LogP contribution in [0.5, 0.6) is 0 Å². The number of rotatable bonds is 5. The molecule has 2 nitrogen and oxygen atoms in total. The molecule has 1 fully saturated rings. The molecule has 12 heavy (non-hydrogen) atoms. The summed E-state index contributed by atoms with van der Waals surface area (Å²) in [5.41, 5.74) is 0. The van der Waals surface area contributed by atoms with E-state index in [1.807, 2.05) is 6.92 Å². The van der Waals surface area contributed by atoms with Crippen LogP contribution in [0.1, 0.15) is 33.1 Å². The van der Waals surface area contributed by atoms with Crippen molar-refractivity contribution in [2.45, 2.75) is 45.3 Å². The highest BCUT2D eigenvalue weighted by molar-refractivity contribution is 4.84. The fourth-order valence-corrected chi connectivity index (χ4v) is 1.53. The molecule has 1 rings (SSSR count). The molecule has 0 bridgehead atoms. The van der Waals surface area contributed by atoms with E-state index in [0.29, 0.717) is 6.04 Å². The lowest BCUT2D eigenvalue weighted by Gasteiger charge is -2.24. The Morgan fingerprint density at radius 3 is 2.42 bits per heavy atom. The van der Waals surface area contributed by atoms with Gasteiger partial charge in [-0.05, 0) is 46.1 Å². The van der Waals surface area contributed by atoms with Crippen LogP contribution in [0.2, 0.25) is 0 Å². The maximum absolute atomic E-state index is 9.11. The molecule has 0 aliphatic heterocycles. The molecule has 0 aromatic heterocycles. The third-order valence-corrected chi connectivity index (χ3v) is 2.90. The fraction of sp³-hybridized carbons (Fsp3) is 1.00. The summed E-state index contributed by atoms with van der Waals surface area (Å²) in [7, 11) is 2.16. The van der Waals surface area contributed by atoms with E-state index >= 15 is 0 Å². The summed E-state index contributed by atoms with van der Waals surface area (Å²) in [5, 5.41) is 9.11. The van der Waals surface area contributed by atoms with Gasteiger partial charge < -0.3 is 10.0 Å². The normalized spacial score (nSPS) is 22.8. The van der Waals surface area contributed by atoms with Gasteiger partial charge >= 0.3 is 0 Å². The standard InChI is InChI=1S/C10H21NO/c1-8(12)6-7-11(3)9(2)10-4-5-10/h8-10,12H,4-7H2,1-3H3. The molecule has 1 saturated carbocycles. The smallest absolute Gasteiger partial charge is 0.0524 e. The summed E-state index contributed by atoms with van der Waals surface area (Å²) in [5.74, 6) is 0.934. The van der Waals surface area contributed by atoms with E-state index in [0.717, 1.165) is 18.9 Å². The van der Waals surface area contributed by atoms with Crippen LogP contribution in [0.15, 0.2) is 0 Å². The quantitative estimate of drug-likeness (QED) is 0.677. The SMILES string of the molecule is CC(O)CCN(C)C(C)C1CC1. The highest BCUT2D eigenvalue weighted by Crippen LogP contribution is 2.34. The van der Waals surface area contributed by atoms with Gasteiger partial charge in [0.15, 0.2) is 0 Å². The monoisotopic (exact) mass is 171 g/mol. The second-order valence-corrected chi connectivity index (χ2v) is 4.20. The Balaban J connectivity index is 2.13. The molecule has 1 aliphatic rings. The average molecular weight is 171 g/mol. The third kappa shape index (κ3) is 3.11. The van der Waals surface area contributed by atoms with Crippen molar-refractivity contribution < 1.29 is 5.11 Å². The molecule has 1 N–H and O–H groups in total. The second kappa shape index (κ2) is 4.24. The Kier molecular flexibility index (Phi) is 3.53. The van der Waals surface area contributed by atoms with Crippen molar-refractivity contribution in [3.05, 3.63) is 0 Å². The van der Waals surface area contributed by atoms with Crippen LogP contribution in [0.4, 0.5) is 0 Å². The Morgan fingerprint density at radius 2 is 2.00 bits per heavy atom. The summed E-state index contributed by atoms with van der Waals surface area (Å²) in [6.07, 6.45) is 3.55. The molecule has 0 amide bonds. The van der Waals surface area contributed by atoms with Gasteiger partial charge in [-0.1, -0.05) is 0 Å². The maximum Gasteiger partial charge on any atom is 0.0524 e. The summed E-state index contributed by atoms with van der Waals surface area (Å²) < 4.78 is 0. The Morgan fingerprint density at radius 1 is 1.42 bits per heavy atom. The van der Waals surface area contributed by atoms with Crippen LogP contribution in [0, 0.1) is 5.92 Å². The van der Waals surface area contributed by atoms with Crippen LogP contribution in [-0.2, 0) is 0 Å². The first-order valence-corrected chi connectivity index (χ1v) is 4.99. The van der Waals surface area contributed by atoms with Gasteiger partial charge in [-0.15, -0.1) is 0 Å². The number of hydrogen-bond donors (Lipinski definition) is 1. The zero-order chi connectivity index (χ0) is 9.14. The van der Waals surface area contributed by atoms with Gasteiger partial charge in [0.05, 0.1) is 6.10 Å². The van der Waals surface area contributed by atoms with Gasteiger partial charge in [0.25, 0.3) is 0 Å². The van der Waals surface area contributed by atoms with E-state index in [4.69, 9.17) is 5.11 Å². The minimum atomic E-state index is -0.154. The predicted molar refractivity (Wildman–Crippen MR) is 51.1 cm³/mol. The molecule has 0 aromatic rings. The molecule has 2 unspecified atom stereocenters. The highest BCUT2D eigenvalue weighted by atomic mass is 16.3. The molecular weight excluding hydrogens is 150 g/mol. The third-order valence-electron chi connectivity index (χ3n) is 2.90. The number of aliphatic hydroxyl groups is 1. The minimum Gasteiger partial charge on any atom is -0.393 e. The minimum absolute atomic E-state index is 0.154. The summed E-state index contributed by atoms with van der Waals surface area (Å²) in [6.45, 7) is 5.17. The molecule has 0 heterocycles. The van der Waals surface area contributed by atoms with E-state index in [1.165, 1.54) is 12.8 Å². The first kappa shape index (κ1) is 10.0. The molecule has 0 saturated heterocycles. The van der Waals surface area contributed by atoms with Crippen LogP contribution < -0.4 is 0 Å². The molecule has 1 aliphatic carbocycles. The second-order valence-electron chi connectivity index (χ2n) is 4.20. The van der Waals surface area contributed by atoms with E-state index < -0.39 is 0 Å². The molecule has 0 aromatic carbocycles. The van der Waals surface area contributed by atoms with Gasteiger partial charge in [-0.2, -0.15) is 0 Å². The van der Waals surface area contributed by atoms with Crippen LogP contribution in [0.25, 0.3) is 0 Å². The zero-order valence-corrected chi connectivity index (χ0v) is 8.45. The van der Waals surface area contributed by atoms with E-state index in [2.05, 4.69) is 18.9 Å². The number of aliphatic hydroxyl groups excluding tert-OH is 1. The van der Waals surface area contributed by atoms with Crippen molar-refractivity contribution in [3.8, 4) is 0 Å². The van der Waals surface area contributed by atoms with E-state index in [-0.39, 0.29) is 6.10 Å². The average Bonchev–Trinajstić information content (AvgIpc) is 2.80. The molecule has 72 valence electrons.